The van der Waals surface area contributed by atoms with Crippen molar-refractivity contribution in [3.05, 3.63) is 107 Å². The highest BCUT2D eigenvalue weighted by molar-refractivity contribution is 6.09. The summed E-state index contributed by atoms with van der Waals surface area (Å²) in [5.74, 6) is -0.139. The fraction of sp³-hybridized carbons (Fsp3) is 0.290. The molecular formula is C31H34N4O2. The maximum absolute atomic E-state index is 13.9. The number of benzene rings is 3. The number of hydroxylamine groups is 3. The van der Waals surface area contributed by atoms with Gasteiger partial charge in [0.1, 0.15) is 6.54 Å². The van der Waals surface area contributed by atoms with E-state index in [1.165, 1.54) is 5.56 Å². The number of aryl methyl sites for hydroxylation is 1. The minimum absolute atomic E-state index is 0.139. The van der Waals surface area contributed by atoms with Crippen LogP contribution in [0.15, 0.2) is 84.9 Å². The van der Waals surface area contributed by atoms with Gasteiger partial charge in [-0.25, -0.2) is 4.98 Å². The molecule has 2 heterocycles. The molecule has 0 unspecified atom stereocenters. The average molecular weight is 495 g/mol. The van der Waals surface area contributed by atoms with Crippen LogP contribution in [0.5, 0.6) is 0 Å². The molecule has 4 aromatic rings. The molecule has 0 saturated carbocycles. The number of pyridine rings is 1. The smallest absolute Gasteiger partial charge is 0.252 e. The molecule has 0 radical (unpaired) electrons. The number of hydrogen-bond acceptors (Lipinski definition) is 4. The maximum Gasteiger partial charge on any atom is 0.252 e. The normalized spacial score (nSPS) is 15.5. The van der Waals surface area contributed by atoms with E-state index in [9.17, 15) is 10.0 Å². The Morgan fingerprint density at radius 3 is 2.32 bits per heavy atom. The monoisotopic (exact) mass is 494 g/mol. The molecule has 1 aromatic heterocycles. The first kappa shape index (κ1) is 25.1. The first-order valence-electron chi connectivity index (χ1n) is 13.1. The molecule has 1 fully saturated rings. The van der Waals surface area contributed by atoms with Gasteiger partial charge < -0.3 is 15.2 Å². The van der Waals surface area contributed by atoms with E-state index >= 15 is 0 Å². The number of likely N-dealkylation sites (N-methyl/N-ethyl adjacent to an activating group) is 1. The number of aromatic nitrogens is 1. The van der Waals surface area contributed by atoms with Crippen molar-refractivity contribution in [2.24, 2.45) is 0 Å². The molecule has 0 aliphatic carbocycles. The van der Waals surface area contributed by atoms with Gasteiger partial charge in [0.05, 0.1) is 29.9 Å². The fourth-order valence-corrected chi connectivity index (χ4v) is 5.10. The lowest BCUT2D eigenvalue weighted by molar-refractivity contribution is -0.898. The Balaban J connectivity index is 1.52. The van der Waals surface area contributed by atoms with E-state index in [1.807, 2.05) is 79.8 Å². The van der Waals surface area contributed by atoms with Gasteiger partial charge in [-0.3, -0.25) is 9.69 Å². The van der Waals surface area contributed by atoms with Gasteiger partial charge >= 0.3 is 0 Å². The van der Waals surface area contributed by atoms with E-state index in [0.29, 0.717) is 25.2 Å². The number of carbonyl (C=O) groups excluding carboxylic acids is 1. The van der Waals surface area contributed by atoms with Gasteiger partial charge in [0.25, 0.3) is 5.91 Å². The summed E-state index contributed by atoms with van der Waals surface area (Å²) < 4.78 is -0.349. The van der Waals surface area contributed by atoms with Crippen molar-refractivity contribution in [2.75, 3.05) is 39.8 Å². The van der Waals surface area contributed by atoms with Crippen LogP contribution in [0.25, 0.3) is 22.2 Å². The van der Waals surface area contributed by atoms with Crippen LogP contribution in [-0.2, 0) is 13.0 Å². The fourth-order valence-electron chi connectivity index (χ4n) is 5.10. The molecule has 6 nitrogen and oxygen atoms in total. The summed E-state index contributed by atoms with van der Waals surface area (Å²) in [6, 6.07) is 28.0. The van der Waals surface area contributed by atoms with Gasteiger partial charge in [-0.2, -0.15) is 0 Å². The quantitative estimate of drug-likeness (QED) is 0.212. The van der Waals surface area contributed by atoms with Crippen LogP contribution in [0.1, 0.15) is 27.9 Å². The lowest BCUT2D eigenvalue weighted by atomic mass is 9.95. The van der Waals surface area contributed by atoms with Gasteiger partial charge in [0, 0.05) is 36.1 Å². The molecule has 0 spiro atoms. The third-order valence-electron chi connectivity index (χ3n) is 7.26. The first-order chi connectivity index (χ1) is 18.0. The number of rotatable bonds is 8. The number of nitrogens with one attached hydrogen (secondary N) is 1. The molecule has 1 aliphatic rings. The van der Waals surface area contributed by atoms with Crippen molar-refractivity contribution in [3.8, 4) is 11.3 Å². The van der Waals surface area contributed by atoms with Crippen LogP contribution in [-0.4, -0.2) is 60.2 Å². The van der Waals surface area contributed by atoms with Crippen molar-refractivity contribution in [1.29, 1.82) is 0 Å². The van der Waals surface area contributed by atoms with Gasteiger partial charge in [0.2, 0.25) is 0 Å². The predicted molar refractivity (Wildman–Crippen MR) is 149 cm³/mol. The summed E-state index contributed by atoms with van der Waals surface area (Å²) in [6.45, 7) is 3.26. The minimum atomic E-state index is -0.349. The molecule has 0 bridgehead atoms. The first-order valence-corrected chi connectivity index (χ1v) is 13.1. The Hall–Kier alpha value is -3.58. The lowest BCUT2D eigenvalue weighted by Crippen LogP contribution is -2.54. The Bertz CT molecular complexity index is 1350. The van der Waals surface area contributed by atoms with Crippen molar-refractivity contribution >= 4 is 16.8 Å². The molecule has 1 aliphatic heterocycles. The molecule has 1 amide bonds. The molecule has 1 saturated heterocycles. The molecule has 3 aromatic carbocycles. The van der Waals surface area contributed by atoms with Gasteiger partial charge in [-0.15, -0.1) is 0 Å². The van der Waals surface area contributed by atoms with Crippen LogP contribution < -0.4 is 5.32 Å². The Kier molecular flexibility index (Phi) is 7.60. The summed E-state index contributed by atoms with van der Waals surface area (Å²) in [5.41, 5.74) is 4.98. The van der Waals surface area contributed by atoms with E-state index in [-0.39, 0.29) is 17.1 Å². The van der Waals surface area contributed by atoms with Crippen LogP contribution in [0.3, 0.4) is 0 Å². The summed E-state index contributed by atoms with van der Waals surface area (Å²) >= 11 is 0. The van der Waals surface area contributed by atoms with E-state index in [2.05, 4.69) is 22.3 Å². The average Bonchev–Trinajstić information content (AvgIpc) is 2.93. The van der Waals surface area contributed by atoms with Gasteiger partial charge in [-0.1, -0.05) is 78.9 Å². The second kappa shape index (κ2) is 11.2. The molecule has 190 valence electrons. The highest BCUT2D eigenvalue weighted by Crippen LogP contribution is 2.33. The summed E-state index contributed by atoms with van der Waals surface area (Å²) in [6.07, 6.45) is 1.74. The Labute approximate surface area is 218 Å². The van der Waals surface area contributed by atoms with Gasteiger partial charge in [-0.05, 0) is 31.5 Å². The van der Waals surface area contributed by atoms with Gasteiger partial charge in [0.15, 0.2) is 0 Å². The summed E-state index contributed by atoms with van der Waals surface area (Å²) in [7, 11) is 2.05. The maximum atomic E-state index is 13.9. The molecular weight excluding hydrogens is 460 g/mol. The third-order valence-corrected chi connectivity index (χ3v) is 7.26. The number of para-hydroxylation sites is 1. The predicted octanol–water partition coefficient (Wildman–Crippen LogP) is 5.02. The number of amides is 1. The van der Waals surface area contributed by atoms with E-state index in [4.69, 9.17) is 4.98 Å². The van der Waals surface area contributed by atoms with Crippen LogP contribution in [0, 0.1) is 5.21 Å². The minimum Gasteiger partial charge on any atom is -0.632 e. The molecule has 0 atom stereocenters. The summed E-state index contributed by atoms with van der Waals surface area (Å²) in [5, 5.41) is 17.8. The lowest BCUT2D eigenvalue weighted by Gasteiger charge is -2.48. The number of quaternary nitrogens is 1. The standard InChI is InChI=1S/C31H34N4O2/c1-34-19-21-35(37,22-20-34)23-27-29(31(36)32-18-10-13-24-11-4-2-5-12-24)26-16-8-9-17-28(26)33-30(27)25-14-6-3-7-15-25/h2-9,11-12,14-17H,10,13,18-23H2,1H3,(H,32,36). The van der Waals surface area contributed by atoms with Crippen molar-refractivity contribution in [1.82, 2.24) is 15.2 Å². The third kappa shape index (κ3) is 5.88. The second-order valence-corrected chi connectivity index (χ2v) is 10.0. The SMILES string of the molecule is CN1CC[N+]([O-])(Cc2c(-c3ccccc3)nc3ccccc3c2C(=O)NCCCc2ccccc2)CC1. The van der Waals surface area contributed by atoms with E-state index < -0.39 is 0 Å². The molecule has 37 heavy (non-hydrogen) atoms. The zero-order valence-electron chi connectivity index (χ0n) is 21.4. The molecule has 5 rings (SSSR count). The Morgan fingerprint density at radius 2 is 1.59 bits per heavy atom. The topological polar surface area (TPSA) is 68.3 Å². The Morgan fingerprint density at radius 1 is 0.946 bits per heavy atom. The van der Waals surface area contributed by atoms with Crippen molar-refractivity contribution in [3.63, 3.8) is 0 Å². The number of hydrogen-bond donors (Lipinski definition) is 1. The highest BCUT2D eigenvalue weighted by Gasteiger charge is 2.30. The zero-order chi connectivity index (χ0) is 25.7. The number of fused-ring (bicyclic) bond motifs is 1. The van der Waals surface area contributed by atoms with Crippen LogP contribution >= 0.6 is 0 Å². The molecule has 6 heteroatoms. The van der Waals surface area contributed by atoms with E-state index in [0.717, 1.165) is 53.7 Å². The second-order valence-electron chi connectivity index (χ2n) is 10.0. The molecule has 1 N–H and O–H groups in total. The van der Waals surface area contributed by atoms with Crippen LogP contribution in [0.2, 0.25) is 0 Å². The van der Waals surface area contributed by atoms with E-state index in [1.54, 1.807) is 0 Å². The number of nitrogens with zero attached hydrogens (tertiary/aromatic N) is 3. The number of piperazine rings is 1. The summed E-state index contributed by atoms with van der Waals surface area (Å²) in [4.78, 5) is 21.0. The highest BCUT2D eigenvalue weighted by atomic mass is 16.5. The van der Waals surface area contributed by atoms with Crippen molar-refractivity contribution in [2.45, 2.75) is 19.4 Å². The number of carbonyl (C=O) groups is 1. The zero-order valence-corrected chi connectivity index (χ0v) is 21.4. The van der Waals surface area contributed by atoms with Crippen molar-refractivity contribution < 1.29 is 9.44 Å². The largest absolute Gasteiger partial charge is 0.632 e. The van der Waals surface area contributed by atoms with Crippen LogP contribution in [0.4, 0.5) is 0 Å².